The Morgan fingerprint density at radius 2 is 1.67 bits per heavy atom. The average molecular weight is 281 g/mol. The van der Waals surface area contributed by atoms with E-state index in [-0.39, 0.29) is 5.41 Å². The van der Waals surface area contributed by atoms with Gasteiger partial charge in [-0.1, -0.05) is 24.3 Å². The summed E-state index contributed by atoms with van der Waals surface area (Å²) in [6, 6.07) is 15.4. The molecule has 0 amide bonds. The van der Waals surface area contributed by atoms with Gasteiger partial charge in [0.1, 0.15) is 5.75 Å². The van der Waals surface area contributed by atoms with Crippen LogP contribution in [-0.2, 0) is 5.41 Å². The summed E-state index contributed by atoms with van der Waals surface area (Å²) in [6.07, 6.45) is 2.45. The van der Waals surface area contributed by atoms with E-state index in [9.17, 15) is 0 Å². The number of benzene rings is 2. The zero-order valence-corrected chi connectivity index (χ0v) is 13.3. The van der Waals surface area contributed by atoms with Crippen LogP contribution >= 0.6 is 0 Å². The first-order valence-corrected chi connectivity index (χ1v) is 7.50. The van der Waals surface area contributed by atoms with Gasteiger partial charge in [0.15, 0.2) is 0 Å². The Labute approximate surface area is 127 Å². The fraction of sp³-hybridized carbons (Fsp3) is 0.368. The number of hydrogen-bond acceptors (Lipinski definition) is 2. The minimum atomic E-state index is 0.194. The first-order chi connectivity index (χ1) is 10.1. The SMILES string of the molecule is COc1ccc(C2(c3ccc(C)cc3N(C)C)CC2)cc1. The largest absolute Gasteiger partial charge is 0.497 e. The normalized spacial score (nSPS) is 15.6. The number of rotatable bonds is 4. The Hall–Kier alpha value is -1.96. The first kappa shape index (κ1) is 14.0. The topological polar surface area (TPSA) is 12.5 Å². The van der Waals surface area contributed by atoms with Crippen molar-refractivity contribution in [2.45, 2.75) is 25.2 Å². The third-order valence-electron chi connectivity index (χ3n) is 4.54. The second-order valence-electron chi connectivity index (χ2n) is 6.23. The molecule has 1 aliphatic carbocycles. The lowest BCUT2D eigenvalue weighted by Crippen LogP contribution is -2.17. The zero-order valence-electron chi connectivity index (χ0n) is 13.3. The van der Waals surface area contributed by atoms with Crippen molar-refractivity contribution in [2.24, 2.45) is 0 Å². The van der Waals surface area contributed by atoms with Crippen LogP contribution in [0.25, 0.3) is 0 Å². The van der Waals surface area contributed by atoms with Crippen molar-refractivity contribution < 1.29 is 4.74 Å². The van der Waals surface area contributed by atoms with Crippen LogP contribution in [-0.4, -0.2) is 21.2 Å². The Morgan fingerprint density at radius 3 is 2.19 bits per heavy atom. The summed E-state index contributed by atoms with van der Waals surface area (Å²) in [5.74, 6) is 0.922. The van der Waals surface area contributed by atoms with Crippen LogP contribution in [0, 0.1) is 6.92 Å². The van der Waals surface area contributed by atoms with Crippen molar-refractivity contribution in [3.05, 3.63) is 59.2 Å². The molecule has 1 aliphatic rings. The molecule has 1 fully saturated rings. The van der Waals surface area contributed by atoms with E-state index in [0.717, 1.165) is 5.75 Å². The number of hydrogen-bond donors (Lipinski definition) is 0. The number of ether oxygens (including phenoxy) is 1. The predicted molar refractivity (Wildman–Crippen MR) is 88.5 cm³/mol. The van der Waals surface area contributed by atoms with Crippen LogP contribution in [0.3, 0.4) is 0 Å². The average Bonchev–Trinajstić information content (AvgIpc) is 3.29. The number of anilines is 1. The molecule has 2 aromatic carbocycles. The first-order valence-electron chi connectivity index (χ1n) is 7.50. The van der Waals surface area contributed by atoms with Gasteiger partial charge < -0.3 is 9.64 Å². The minimum Gasteiger partial charge on any atom is -0.497 e. The van der Waals surface area contributed by atoms with Gasteiger partial charge in [-0.05, 0) is 54.7 Å². The molecule has 21 heavy (non-hydrogen) atoms. The lowest BCUT2D eigenvalue weighted by atomic mass is 9.86. The molecule has 0 saturated heterocycles. The maximum Gasteiger partial charge on any atom is 0.118 e. The molecule has 0 N–H and O–H groups in total. The van der Waals surface area contributed by atoms with Gasteiger partial charge in [-0.3, -0.25) is 0 Å². The third-order valence-corrected chi connectivity index (χ3v) is 4.54. The van der Waals surface area contributed by atoms with Crippen LogP contribution in [0.5, 0.6) is 5.75 Å². The molecule has 3 rings (SSSR count). The van der Waals surface area contributed by atoms with Crippen molar-refractivity contribution in [1.82, 2.24) is 0 Å². The molecule has 0 aromatic heterocycles. The van der Waals surface area contributed by atoms with Gasteiger partial charge >= 0.3 is 0 Å². The monoisotopic (exact) mass is 281 g/mol. The lowest BCUT2D eigenvalue weighted by Gasteiger charge is -2.25. The van der Waals surface area contributed by atoms with E-state index in [4.69, 9.17) is 4.74 Å². The molecule has 0 aliphatic heterocycles. The van der Waals surface area contributed by atoms with Crippen LogP contribution in [0.4, 0.5) is 5.69 Å². The summed E-state index contributed by atoms with van der Waals surface area (Å²) < 4.78 is 5.28. The predicted octanol–water partition coefficient (Wildman–Crippen LogP) is 4.15. The van der Waals surface area contributed by atoms with Crippen LogP contribution < -0.4 is 9.64 Å². The van der Waals surface area contributed by atoms with Crippen molar-refractivity contribution in [2.75, 3.05) is 26.1 Å². The molecule has 2 heteroatoms. The molecular weight excluding hydrogens is 258 g/mol. The fourth-order valence-corrected chi connectivity index (χ4v) is 3.16. The highest BCUT2D eigenvalue weighted by Gasteiger charge is 2.47. The van der Waals surface area contributed by atoms with Crippen molar-refractivity contribution >= 4 is 5.69 Å². The highest BCUT2D eigenvalue weighted by molar-refractivity contribution is 5.63. The molecule has 0 atom stereocenters. The Kier molecular flexibility index (Phi) is 3.40. The van der Waals surface area contributed by atoms with E-state index >= 15 is 0 Å². The van der Waals surface area contributed by atoms with E-state index in [1.807, 2.05) is 0 Å². The van der Waals surface area contributed by atoms with E-state index in [1.54, 1.807) is 7.11 Å². The van der Waals surface area contributed by atoms with Gasteiger partial charge in [0, 0.05) is 25.2 Å². The number of aryl methyl sites for hydroxylation is 1. The molecule has 110 valence electrons. The number of methoxy groups -OCH3 is 1. The third kappa shape index (κ3) is 2.39. The summed E-state index contributed by atoms with van der Waals surface area (Å²) >= 11 is 0. The van der Waals surface area contributed by atoms with Crippen molar-refractivity contribution in [1.29, 1.82) is 0 Å². The van der Waals surface area contributed by atoms with Gasteiger partial charge in [-0.15, -0.1) is 0 Å². The van der Waals surface area contributed by atoms with Gasteiger partial charge in [0.25, 0.3) is 0 Å². The molecule has 0 bridgehead atoms. The van der Waals surface area contributed by atoms with Crippen LogP contribution in [0.15, 0.2) is 42.5 Å². The Morgan fingerprint density at radius 1 is 1.00 bits per heavy atom. The smallest absolute Gasteiger partial charge is 0.118 e. The summed E-state index contributed by atoms with van der Waals surface area (Å²) in [7, 11) is 5.97. The van der Waals surface area contributed by atoms with E-state index in [2.05, 4.69) is 68.4 Å². The highest BCUT2D eigenvalue weighted by atomic mass is 16.5. The Balaban J connectivity index is 2.06. The van der Waals surface area contributed by atoms with E-state index in [1.165, 1.54) is 35.2 Å². The second kappa shape index (κ2) is 5.10. The van der Waals surface area contributed by atoms with Gasteiger partial charge in [-0.2, -0.15) is 0 Å². The van der Waals surface area contributed by atoms with Gasteiger partial charge in [-0.25, -0.2) is 0 Å². The number of nitrogens with zero attached hydrogens (tertiary/aromatic N) is 1. The van der Waals surface area contributed by atoms with Crippen molar-refractivity contribution in [3.8, 4) is 5.75 Å². The summed E-state index contributed by atoms with van der Waals surface area (Å²) in [5.41, 5.74) is 5.69. The summed E-state index contributed by atoms with van der Waals surface area (Å²) in [6.45, 7) is 2.16. The molecule has 2 nitrogen and oxygen atoms in total. The molecule has 0 heterocycles. The maximum atomic E-state index is 5.28. The molecular formula is C19H23NO. The highest BCUT2D eigenvalue weighted by Crippen LogP contribution is 2.56. The standard InChI is InChI=1S/C19H23NO/c1-14-5-10-17(18(13-14)20(2)3)19(11-12-19)15-6-8-16(21-4)9-7-15/h5-10,13H,11-12H2,1-4H3. The second-order valence-corrected chi connectivity index (χ2v) is 6.23. The fourth-order valence-electron chi connectivity index (χ4n) is 3.16. The lowest BCUT2D eigenvalue weighted by molar-refractivity contribution is 0.414. The quantitative estimate of drug-likeness (QED) is 0.834. The van der Waals surface area contributed by atoms with Crippen LogP contribution in [0.2, 0.25) is 0 Å². The zero-order chi connectivity index (χ0) is 15.0. The molecule has 0 spiro atoms. The van der Waals surface area contributed by atoms with Gasteiger partial charge in [0.2, 0.25) is 0 Å². The summed E-state index contributed by atoms with van der Waals surface area (Å²) in [5, 5.41) is 0. The molecule has 1 saturated carbocycles. The van der Waals surface area contributed by atoms with Crippen LogP contribution in [0.1, 0.15) is 29.5 Å². The Bertz CT molecular complexity index is 639. The maximum absolute atomic E-state index is 5.28. The van der Waals surface area contributed by atoms with E-state index < -0.39 is 0 Å². The molecule has 0 radical (unpaired) electrons. The van der Waals surface area contributed by atoms with Crippen molar-refractivity contribution in [3.63, 3.8) is 0 Å². The molecule has 2 aromatic rings. The summed E-state index contributed by atoms with van der Waals surface area (Å²) in [4.78, 5) is 2.23. The van der Waals surface area contributed by atoms with Gasteiger partial charge in [0.05, 0.1) is 7.11 Å². The minimum absolute atomic E-state index is 0.194. The van der Waals surface area contributed by atoms with E-state index in [0.29, 0.717) is 0 Å². The molecule has 0 unspecified atom stereocenters.